The average Bonchev–Trinajstić information content (AvgIpc) is 2.52. The summed E-state index contributed by atoms with van der Waals surface area (Å²) in [6, 6.07) is 0. The molecule has 0 fully saturated rings. The molecule has 1 N–H and O–H groups in total. The highest BCUT2D eigenvalue weighted by atomic mass is 19.3. The molecule has 0 atom stereocenters. The van der Waals surface area contributed by atoms with Crippen LogP contribution < -0.4 is 5.32 Å². The van der Waals surface area contributed by atoms with E-state index in [0.717, 1.165) is 4.68 Å². The highest BCUT2D eigenvalue weighted by molar-refractivity contribution is 4.72. The van der Waals surface area contributed by atoms with Crippen LogP contribution in [-0.4, -0.2) is 34.0 Å². The molecule has 1 heterocycles. The van der Waals surface area contributed by atoms with E-state index < -0.39 is 12.5 Å². The van der Waals surface area contributed by atoms with Gasteiger partial charge in [-0.3, -0.25) is 0 Å². The standard InChI is InChI=1S/C7H12F2N4/c1-2-10-5-7(8,9)6-13-4-3-11-12-13/h3-4,10H,2,5-6H2,1H3. The molecule has 0 unspecified atom stereocenters. The van der Waals surface area contributed by atoms with Gasteiger partial charge in [0.2, 0.25) is 0 Å². The second-order valence-electron chi connectivity index (χ2n) is 2.74. The van der Waals surface area contributed by atoms with Gasteiger partial charge < -0.3 is 5.32 Å². The molecule has 0 spiro atoms. The fraction of sp³-hybridized carbons (Fsp3) is 0.714. The van der Waals surface area contributed by atoms with Crippen molar-refractivity contribution in [1.29, 1.82) is 0 Å². The fourth-order valence-corrected chi connectivity index (χ4v) is 0.918. The molecule has 0 radical (unpaired) electrons. The van der Waals surface area contributed by atoms with Gasteiger partial charge in [0.1, 0.15) is 6.54 Å². The Kier molecular flexibility index (Phi) is 3.30. The third kappa shape index (κ3) is 3.45. The second kappa shape index (κ2) is 4.27. The van der Waals surface area contributed by atoms with Gasteiger partial charge in [0, 0.05) is 6.20 Å². The van der Waals surface area contributed by atoms with Crippen LogP contribution in [0, 0.1) is 0 Å². The van der Waals surface area contributed by atoms with Crippen molar-refractivity contribution in [2.45, 2.75) is 19.4 Å². The van der Waals surface area contributed by atoms with E-state index in [9.17, 15) is 8.78 Å². The van der Waals surface area contributed by atoms with Gasteiger partial charge in [-0.1, -0.05) is 12.1 Å². The quantitative estimate of drug-likeness (QED) is 0.736. The first-order valence-corrected chi connectivity index (χ1v) is 4.07. The summed E-state index contributed by atoms with van der Waals surface area (Å²) in [5, 5.41) is 9.50. The average molecular weight is 190 g/mol. The predicted octanol–water partition coefficient (Wildman–Crippen LogP) is 0.523. The first-order valence-electron chi connectivity index (χ1n) is 4.07. The van der Waals surface area contributed by atoms with Crippen molar-refractivity contribution in [2.24, 2.45) is 0 Å². The molecule has 0 saturated heterocycles. The van der Waals surface area contributed by atoms with Gasteiger partial charge in [-0.25, -0.2) is 13.5 Å². The number of nitrogens with one attached hydrogen (secondary N) is 1. The summed E-state index contributed by atoms with van der Waals surface area (Å²) in [7, 11) is 0. The Morgan fingerprint density at radius 1 is 1.54 bits per heavy atom. The van der Waals surface area contributed by atoms with Crippen molar-refractivity contribution in [1.82, 2.24) is 20.3 Å². The summed E-state index contributed by atoms with van der Waals surface area (Å²) in [5.41, 5.74) is 0. The topological polar surface area (TPSA) is 42.7 Å². The van der Waals surface area contributed by atoms with E-state index in [0.29, 0.717) is 6.54 Å². The van der Waals surface area contributed by atoms with Crippen LogP contribution in [0.25, 0.3) is 0 Å². The van der Waals surface area contributed by atoms with Crippen LogP contribution in [0.5, 0.6) is 0 Å². The molecule has 13 heavy (non-hydrogen) atoms. The number of rotatable bonds is 5. The monoisotopic (exact) mass is 190 g/mol. The molecule has 74 valence electrons. The largest absolute Gasteiger partial charge is 0.311 e. The van der Waals surface area contributed by atoms with Crippen molar-refractivity contribution in [2.75, 3.05) is 13.1 Å². The third-order valence-corrected chi connectivity index (χ3v) is 1.50. The van der Waals surface area contributed by atoms with Crippen molar-refractivity contribution in [3.8, 4) is 0 Å². The lowest BCUT2D eigenvalue weighted by Crippen LogP contribution is -2.36. The van der Waals surface area contributed by atoms with E-state index in [2.05, 4.69) is 15.6 Å². The number of hydrogen-bond donors (Lipinski definition) is 1. The van der Waals surface area contributed by atoms with Crippen LogP contribution in [0.1, 0.15) is 6.92 Å². The van der Waals surface area contributed by atoms with Crippen molar-refractivity contribution in [3.63, 3.8) is 0 Å². The van der Waals surface area contributed by atoms with E-state index in [1.807, 2.05) is 0 Å². The summed E-state index contributed by atoms with van der Waals surface area (Å²) in [4.78, 5) is 0. The van der Waals surface area contributed by atoms with Gasteiger partial charge in [0.05, 0.1) is 12.7 Å². The molecular formula is C7H12F2N4. The zero-order valence-electron chi connectivity index (χ0n) is 7.37. The summed E-state index contributed by atoms with van der Waals surface area (Å²) < 4.78 is 27.2. The van der Waals surface area contributed by atoms with E-state index in [1.165, 1.54) is 12.4 Å². The van der Waals surface area contributed by atoms with Crippen molar-refractivity contribution in [3.05, 3.63) is 12.4 Å². The number of aromatic nitrogens is 3. The SMILES string of the molecule is CCNCC(F)(F)Cn1ccnn1. The van der Waals surface area contributed by atoms with Crippen LogP contribution in [0.15, 0.2) is 12.4 Å². The van der Waals surface area contributed by atoms with E-state index in [1.54, 1.807) is 6.92 Å². The van der Waals surface area contributed by atoms with E-state index in [-0.39, 0.29) is 6.54 Å². The summed E-state index contributed by atoms with van der Waals surface area (Å²) in [6.45, 7) is 1.56. The predicted molar refractivity (Wildman–Crippen MR) is 43.5 cm³/mol. The first-order chi connectivity index (χ1) is 6.14. The minimum Gasteiger partial charge on any atom is -0.311 e. The molecule has 1 aromatic heterocycles. The van der Waals surface area contributed by atoms with Gasteiger partial charge >= 0.3 is 0 Å². The van der Waals surface area contributed by atoms with Crippen molar-refractivity contribution < 1.29 is 8.78 Å². The Morgan fingerprint density at radius 3 is 2.85 bits per heavy atom. The normalized spacial score (nSPS) is 11.9. The number of nitrogens with zero attached hydrogens (tertiary/aromatic N) is 3. The number of alkyl halides is 2. The Bertz CT molecular complexity index is 235. The maximum absolute atomic E-state index is 13.0. The number of hydrogen-bond acceptors (Lipinski definition) is 3. The lowest BCUT2D eigenvalue weighted by atomic mass is 10.3. The van der Waals surface area contributed by atoms with Crippen LogP contribution in [-0.2, 0) is 6.54 Å². The van der Waals surface area contributed by atoms with Gasteiger partial charge in [-0.2, -0.15) is 0 Å². The maximum atomic E-state index is 13.0. The molecule has 0 bridgehead atoms. The minimum absolute atomic E-state index is 0.330. The van der Waals surface area contributed by atoms with Gasteiger partial charge in [0.25, 0.3) is 5.92 Å². The molecule has 4 nitrogen and oxygen atoms in total. The van der Waals surface area contributed by atoms with E-state index in [4.69, 9.17) is 0 Å². The Labute approximate surface area is 74.9 Å². The van der Waals surface area contributed by atoms with Gasteiger partial charge in [-0.15, -0.1) is 5.10 Å². The highest BCUT2D eigenvalue weighted by Gasteiger charge is 2.28. The summed E-state index contributed by atoms with van der Waals surface area (Å²) >= 11 is 0. The summed E-state index contributed by atoms with van der Waals surface area (Å²) in [6.07, 6.45) is 2.79. The lowest BCUT2D eigenvalue weighted by Gasteiger charge is -2.15. The van der Waals surface area contributed by atoms with Gasteiger partial charge in [0.15, 0.2) is 0 Å². The molecule has 0 aliphatic rings. The van der Waals surface area contributed by atoms with Crippen LogP contribution in [0.3, 0.4) is 0 Å². The lowest BCUT2D eigenvalue weighted by molar-refractivity contribution is -0.0179. The van der Waals surface area contributed by atoms with Crippen LogP contribution >= 0.6 is 0 Å². The first kappa shape index (κ1) is 10.0. The fourth-order valence-electron chi connectivity index (χ4n) is 0.918. The molecule has 0 saturated carbocycles. The molecule has 6 heteroatoms. The smallest absolute Gasteiger partial charge is 0.279 e. The Morgan fingerprint density at radius 2 is 2.31 bits per heavy atom. The zero-order valence-corrected chi connectivity index (χ0v) is 7.37. The van der Waals surface area contributed by atoms with Gasteiger partial charge in [-0.05, 0) is 6.54 Å². The van der Waals surface area contributed by atoms with Crippen molar-refractivity contribution >= 4 is 0 Å². The molecule has 0 amide bonds. The molecular weight excluding hydrogens is 178 g/mol. The highest BCUT2D eigenvalue weighted by Crippen LogP contribution is 2.13. The number of halogens is 2. The Hall–Kier alpha value is -1.04. The second-order valence-corrected chi connectivity index (χ2v) is 2.74. The van der Waals surface area contributed by atoms with E-state index >= 15 is 0 Å². The molecule has 0 aliphatic heterocycles. The molecule has 1 aromatic rings. The zero-order chi connectivity index (χ0) is 9.73. The van der Waals surface area contributed by atoms with Crippen LogP contribution in [0.4, 0.5) is 8.78 Å². The van der Waals surface area contributed by atoms with Crippen LogP contribution in [0.2, 0.25) is 0 Å². The maximum Gasteiger partial charge on any atom is 0.279 e. The third-order valence-electron chi connectivity index (χ3n) is 1.50. The summed E-state index contributed by atoms with van der Waals surface area (Å²) in [5.74, 6) is -2.77. The molecule has 1 rings (SSSR count). The minimum atomic E-state index is -2.77. The molecule has 0 aromatic carbocycles. The Balaban J connectivity index is 2.42. The molecule has 0 aliphatic carbocycles.